The van der Waals surface area contributed by atoms with Gasteiger partial charge in [0.15, 0.2) is 0 Å². The van der Waals surface area contributed by atoms with E-state index < -0.39 is 0 Å². The molecule has 8 heteroatoms. The molecule has 2 bridgehead atoms. The third-order valence-corrected chi connectivity index (χ3v) is 6.48. The molecule has 0 atom stereocenters. The van der Waals surface area contributed by atoms with Crippen molar-refractivity contribution in [1.82, 2.24) is 15.0 Å². The summed E-state index contributed by atoms with van der Waals surface area (Å²) in [6.45, 7) is 1.29. The van der Waals surface area contributed by atoms with Gasteiger partial charge in [0, 0.05) is 30.4 Å². The molecule has 0 amide bonds. The molecule has 5 rings (SSSR count). The maximum Gasteiger partial charge on any atom is 0.224 e. The molecule has 0 unspecified atom stereocenters. The number of rotatable bonds is 7. The monoisotopic (exact) mass is 393 g/mol. The summed E-state index contributed by atoms with van der Waals surface area (Å²) in [4.78, 5) is 13.0. The molecular formula is C21H27N7O. The normalized spacial score (nSPS) is 25.3. The Hall–Kier alpha value is -2.92. The average Bonchev–Trinajstić information content (AvgIpc) is 2.77. The molecule has 3 fully saturated rings. The largest absolute Gasteiger partial charge is 0.481 e. The van der Waals surface area contributed by atoms with Gasteiger partial charge in [0.2, 0.25) is 11.8 Å². The Morgan fingerprint density at radius 2 is 1.93 bits per heavy atom. The predicted molar refractivity (Wildman–Crippen MR) is 110 cm³/mol. The van der Waals surface area contributed by atoms with Gasteiger partial charge < -0.3 is 21.1 Å². The average molecular weight is 393 g/mol. The minimum atomic E-state index is 0.0545. The molecule has 3 aliphatic rings. The Morgan fingerprint density at radius 1 is 1.17 bits per heavy atom. The Kier molecular flexibility index (Phi) is 5.24. The molecule has 0 radical (unpaired) electrons. The zero-order chi connectivity index (χ0) is 20.3. The van der Waals surface area contributed by atoms with Crippen LogP contribution in [-0.2, 0) is 6.54 Å². The van der Waals surface area contributed by atoms with E-state index >= 15 is 0 Å². The smallest absolute Gasteiger partial charge is 0.224 e. The summed E-state index contributed by atoms with van der Waals surface area (Å²) in [5, 5.41) is 16.1. The molecule has 4 N–H and O–H groups in total. The maximum absolute atomic E-state index is 9.45. The number of hydrogen-bond acceptors (Lipinski definition) is 8. The fourth-order valence-corrected chi connectivity index (χ4v) is 4.43. The van der Waals surface area contributed by atoms with Crippen LogP contribution in [0.1, 0.15) is 49.7 Å². The van der Waals surface area contributed by atoms with E-state index in [9.17, 15) is 5.26 Å². The number of nitrogens with one attached hydrogen (secondary N) is 2. The van der Waals surface area contributed by atoms with Gasteiger partial charge in [-0.2, -0.15) is 10.2 Å². The van der Waals surface area contributed by atoms with Gasteiger partial charge in [-0.15, -0.1) is 0 Å². The van der Waals surface area contributed by atoms with Crippen LogP contribution in [0.2, 0.25) is 0 Å². The van der Waals surface area contributed by atoms with Crippen molar-refractivity contribution < 1.29 is 4.74 Å². The molecule has 8 nitrogen and oxygen atoms in total. The summed E-state index contributed by atoms with van der Waals surface area (Å²) in [6, 6.07) is 5.98. The second-order valence-corrected chi connectivity index (χ2v) is 8.31. The van der Waals surface area contributed by atoms with Gasteiger partial charge in [0.05, 0.1) is 13.3 Å². The van der Waals surface area contributed by atoms with Crippen molar-refractivity contribution >= 4 is 11.8 Å². The predicted octanol–water partition coefficient (Wildman–Crippen LogP) is 2.83. The number of methoxy groups -OCH3 is 1. The van der Waals surface area contributed by atoms with Crippen molar-refractivity contribution in [2.24, 2.45) is 11.1 Å². The molecule has 0 aromatic carbocycles. The quantitative estimate of drug-likeness (QED) is 0.656. The van der Waals surface area contributed by atoms with E-state index in [0.29, 0.717) is 29.8 Å². The van der Waals surface area contributed by atoms with Crippen LogP contribution in [0.15, 0.2) is 24.5 Å². The number of ether oxygens (including phenoxy) is 1. The van der Waals surface area contributed by atoms with Crippen molar-refractivity contribution in [1.29, 1.82) is 5.26 Å². The number of pyridine rings is 1. The van der Waals surface area contributed by atoms with Gasteiger partial charge in [-0.05, 0) is 50.0 Å². The van der Waals surface area contributed by atoms with Gasteiger partial charge in [-0.3, -0.25) is 0 Å². The highest BCUT2D eigenvalue weighted by Crippen LogP contribution is 2.51. The van der Waals surface area contributed by atoms with Crippen LogP contribution in [0.4, 0.5) is 11.8 Å². The number of nitriles is 1. The third kappa shape index (κ3) is 4.10. The van der Waals surface area contributed by atoms with Crippen LogP contribution in [-0.4, -0.2) is 34.1 Å². The fourth-order valence-electron chi connectivity index (χ4n) is 4.43. The van der Waals surface area contributed by atoms with Crippen LogP contribution in [0.5, 0.6) is 5.88 Å². The maximum atomic E-state index is 9.45. The van der Waals surface area contributed by atoms with Crippen LogP contribution >= 0.6 is 0 Å². The minimum Gasteiger partial charge on any atom is -0.481 e. The highest BCUT2D eigenvalue weighted by Gasteiger charge is 2.46. The van der Waals surface area contributed by atoms with Crippen molar-refractivity contribution in [3.63, 3.8) is 0 Å². The van der Waals surface area contributed by atoms with Crippen LogP contribution < -0.4 is 21.1 Å². The molecule has 2 aromatic heterocycles. The lowest BCUT2D eigenvalue weighted by molar-refractivity contribution is 0.0556. The molecule has 2 aromatic rings. The summed E-state index contributed by atoms with van der Waals surface area (Å²) in [5.41, 5.74) is 8.10. The Bertz CT molecular complexity index is 899. The van der Waals surface area contributed by atoms with Crippen LogP contribution in [0.25, 0.3) is 0 Å². The fraction of sp³-hybridized carbons (Fsp3) is 0.524. The Balaban J connectivity index is 1.44. The van der Waals surface area contributed by atoms with E-state index in [1.54, 1.807) is 19.5 Å². The summed E-state index contributed by atoms with van der Waals surface area (Å²) in [5.74, 6) is 1.60. The Morgan fingerprint density at radius 3 is 2.62 bits per heavy atom. The molecular weight excluding hydrogens is 366 g/mol. The first-order valence-electron chi connectivity index (χ1n) is 10.1. The van der Waals surface area contributed by atoms with Crippen molar-refractivity contribution in [2.75, 3.05) is 24.3 Å². The molecule has 0 aliphatic heterocycles. The SMILES string of the molecule is COc1ncccc1CNc1ncc(C#N)c(NCC23CCC(N)(CC2)CC3)n1. The highest BCUT2D eigenvalue weighted by atomic mass is 16.5. The van der Waals surface area contributed by atoms with Gasteiger partial charge in [-0.25, -0.2) is 9.97 Å². The lowest BCUT2D eigenvalue weighted by atomic mass is 9.57. The highest BCUT2D eigenvalue weighted by molar-refractivity contribution is 5.53. The number of aromatic nitrogens is 3. The molecule has 0 saturated heterocycles. The third-order valence-electron chi connectivity index (χ3n) is 6.48. The number of hydrogen-bond donors (Lipinski definition) is 3. The molecule has 2 heterocycles. The standard InChI is InChI=1S/C21H27N7O/c1-29-18-15(3-2-10-24-18)12-25-19-26-13-16(11-22)17(28-19)27-14-20-4-7-21(23,8-5-20)9-6-20/h2-3,10,13H,4-9,12,14,23H2,1H3,(H2,25,26,27,28). The first kappa shape index (κ1) is 19.4. The first-order valence-corrected chi connectivity index (χ1v) is 10.1. The molecule has 29 heavy (non-hydrogen) atoms. The number of fused-ring (bicyclic) bond motifs is 3. The molecule has 152 valence electrons. The number of nitrogens with zero attached hydrogens (tertiary/aromatic N) is 4. The lowest BCUT2D eigenvalue weighted by Crippen LogP contribution is -2.53. The van der Waals surface area contributed by atoms with Crippen LogP contribution in [0, 0.1) is 16.7 Å². The molecule has 0 spiro atoms. The zero-order valence-corrected chi connectivity index (χ0v) is 16.7. The summed E-state index contributed by atoms with van der Waals surface area (Å²) < 4.78 is 5.28. The zero-order valence-electron chi connectivity index (χ0n) is 16.7. The minimum absolute atomic E-state index is 0.0545. The van der Waals surface area contributed by atoms with Gasteiger partial charge >= 0.3 is 0 Å². The summed E-state index contributed by atoms with van der Waals surface area (Å²) in [6.07, 6.45) is 9.91. The van der Waals surface area contributed by atoms with E-state index in [2.05, 4.69) is 31.7 Å². The van der Waals surface area contributed by atoms with E-state index in [-0.39, 0.29) is 11.0 Å². The second-order valence-electron chi connectivity index (χ2n) is 8.31. The van der Waals surface area contributed by atoms with Gasteiger partial charge in [0.25, 0.3) is 0 Å². The van der Waals surface area contributed by atoms with E-state index in [0.717, 1.165) is 50.6 Å². The first-order chi connectivity index (χ1) is 14.0. The van der Waals surface area contributed by atoms with Crippen molar-refractivity contribution in [3.05, 3.63) is 35.7 Å². The Labute approximate surface area is 170 Å². The van der Waals surface area contributed by atoms with E-state index in [1.807, 2.05) is 12.1 Å². The van der Waals surface area contributed by atoms with Crippen molar-refractivity contribution in [3.8, 4) is 11.9 Å². The van der Waals surface area contributed by atoms with E-state index in [4.69, 9.17) is 10.5 Å². The number of anilines is 2. The van der Waals surface area contributed by atoms with Gasteiger partial charge in [-0.1, -0.05) is 6.07 Å². The van der Waals surface area contributed by atoms with Crippen molar-refractivity contribution in [2.45, 2.75) is 50.6 Å². The molecule has 3 saturated carbocycles. The number of nitrogens with two attached hydrogens (primary N) is 1. The second kappa shape index (κ2) is 7.84. The molecule has 3 aliphatic carbocycles. The van der Waals surface area contributed by atoms with Gasteiger partial charge in [0.1, 0.15) is 17.5 Å². The topological polar surface area (TPSA) is 122 Å². The van der Waals surface area contributed by atoms with Crippen LogP contribution in [0.3, 0.4) is 0 Å². The summed E-state index contributed by atoms with van der Waals surface area (Å²) in [7, 11) is 1.59. The van der Waals surface area contributed by atoms with E-state index in [1.165, 1.54) is 0 Å². The lowest BCUT2D eigenvalue weighted by Gasteiger charge is -2.52. The summed E-state index contributed by atoms with van der Waals surface area (Å²) >= 11 is 0.